The fraction of sp³-hybridized carbons (Fsp3) is 0.417. The lowest BCUT2D eigenvalue weighted by Gasteiger charge is -2.06. The highest BCUT2D eigenvalue weighted by molar-refractivity contribution is 9.10. The van der Waals surface area contributed by atoms with Gasteiger partial charge >= 0.3 is 0 Å². The number of aryl methyl sites for hydroxylation is 2. The molecule has 0 aromatic carbocycles. The van der Waals surface area contributed by atoms with Crippen LogP contribution in [0.5, 0.6) is 0 Å². The van der Waals surface area contributed by atoms with Gasteiger partial charge in [0.2, 0.25) is 5.91 Å². The zero-order valence-corrected chi connectivity index (χ0v) is 12.7. The molecule has 102 valence electrons. The summed E-state index contributed by atoms with van der Waals surface area (Å²) in [5.41, 5.74) is 3.08. The lowest BCUT2D eigenvalue weighted by Crippen LogP contribution is -2.27. The molecule has 2 heterocycles. The van der Waals surface area contributed by atoms with Crippen molar-refractivity contribution in [3.63, 3.8) is 0 Å². The number of hydrogen-bond donors (Lipinski definition) is 1. The first-order valence-corrected chi connectivity index (χ1v) is 6.70. The predicted molar refractivity (Wildman–Crippen MR) is 74.5 cm³/mol. The Balaban J connectivity index is 1.93. The van der Waals surface area contributed by atoms with Gasteiger partial charge in [0, 0.05) is 31.0 Å². The Morgan fingerprint density at radius 1 is 1.47 bits per heavy atom. The number of amides is 1. The predicted octanol–water partition coefficient (Wildman–Crippen LogP) is 1.31. The van der Waals surface area contributed by atoms with Crippen LogP contribution < -0.4 is 5.32 Å². The van der Waals surface area contributed by atoms with Crippen LogP contribution in [0.4, 0.5) is 0 Å². The quantitative estimate of drug-likeness (QED) is 0.921. The van der Waals surface area contributed by atoms with E-state index >= 15 is 0 Å². The van der Waals surface area contributed by atoms with Gasteiger partial charge in [0.25, 0.3) is 0 Å². The smallest absolute Gasteiger partial charge is 0.242 e. The number of carbonyl (C=O) groups excluding carboxylic acids is 1. The SMILES string of the molecule is Cc1nn(C)c(C)c1CNC(=O)Cn1cc(Br)cn1. The molecule has 1 N–H and O–H groups in total. The Bertz CT molecular complexity index is 601. The number of halogens is 1. The molecule has 0 spiro atoms. The van der Waals surface area contributed by atoms with Gasteiger partial charge in [-0.15, -0.1) is 0 Å². The van der Waals surface area contributed by atoms with E-state index in [9.17, 15) is 4.79 Å². The Morgan fingerprint density at radius 2 is 2.21 bits per heavy atom. The van der Waals surface area contributed by atoms with Crippen LogP contribution in [0, 0.1) is 13.8 Å². The Morgan fingerprint density at radius 3 is 2.74 bits per heavy atom. The first-order chi connectivity index (χ1) is 8.97. The van der Waals surface area contributed by atoms with Crippen molar-refractivity contribution >= 4 is 21.8 Å². The van der Waals surface area contributed by atoms with Gasteiger partial charge in [0.1, 0.15) is 6.54 Å². The van der Waals surface area contributed by atoms with Gasteiger partial charge in [-0.1, -0.05) is 0 Å². The lowest BCUT2D eigenvalue weighted by atomic mass is 10.2. The van der Waals surface area contributed by atoms with Gasteiger partial charge in [-0.25, -0.2) is 0 Å². The van der Waals surface area contributed by atoms with E-state index in [1.165, 1.54) is 0 Å². The third kappa shape index (κ3) is 3.23. The first-order valence-electron chi connectivity index (χ1n) is 5.91. The summed E-state index contributed by atoms with van der Waals surface area (Å²) >= 11 is 3.29. The Kier molecular flexibility index (Phi) is 4.04. The molecule has 0 aliphatic rings. The van der Waals surface area contributed by atoms with E-state index in [1.807, 2.05) is 25.6 Å². The first kappa shape index (κ1) is 13.8. The largest absolute Gasteiger partial charge is 0.350 e. The van der Waals surface area contributed by atoms with E-state index in [2.05, 4.69) is 31.4 Å². The summed E-state index contributed by atoms with van der Waals surface area (Å²) < 4.78 is 4.27. The summed E-state index contributed by atoms with van der Waals surface area (Å²) in [6.07, 6.45) is 3.42. The molecule has 2 aromatic rings. The monoisotopic (exact) mass is 325 g/mol. The second kappa shape index (κ2) is 5.56. The molecule has 0 bridgehead atoms. The number of aromatic nitrogens is 4. The maximum Gasteiger partial charge on any atom is 0.242 e. The van der Waals surface area contributed by atoms with E-state index in [4.69, 9.17) is 0 Å². The number of nitrogens with one attached hydrogen (secondary N) is 1. The molecule has 0 fully saturated rings. The highest BCUT2D eigenvalue weighted by Crippen LogP contribution is 2.11. The molecule has 0 aliphatic carbocycles. The lowest BCUT2D eigenvalue weighted by molar-refractivity contribution is -0.122. The van der Waals surface area contributed by atoms with E-state index in [1.54, 1.807) is 17.1 Å². The van der Waals surface area contributed by atoms with Crippen LogP contribution in [0.1, 0.15) is 17.0 Å². The normalized spacial score (nSPS) is 10.7. The minimum Gasteiger partial charge on any atom is -0.350 e. The molecular weight excluding hydrogens is 310 g/mol. The van der Waals surface area contributed by atoms with Crippen LogP contribution in [0.15, 0.2) is 16.9 Å². The van der Waals surface area contributed by atoms with E-state index < -0.39 is 0 Å². The van der Waals surface area contributed by atoms with Crippen molar-refractivity contribution in [3.8, 4) is 0 Å². The van der Waals surface area contributed by atoms with Crippen molar-refractivity contribution in [1.29, 1.82) is 0 Å². The molecular formula is C12H16BrN5O. The molecule has 1 amide bonds. The third-order valence-corrected chi connectivity index (χ3v) is 3.44. The summed E-state index contributed by atoms with van der Waals surface area (Å²) in [6.45, 7) is 4.64. The molecule has 2 aromatic heterocycles. The minimum absolute atomic E-state index is 0.0711. The molecule has 0 aliphatic heterocycles. The van der Waals surface area contributed by atoms with Gasteiger partial charge < -0.3 is 5.32 Å². The standard InChI is InChI=1S/C12H16BrN5O/c1-8-11(9(2)17(3)16-8)5-14-12(19)7-18-6-10(13)4-15-18/h4,6H,5,7H2,1-3H3,(H,14,19). The van der Waals surface area contributed by atoms with Crippen LogP contribution in [-0.4, -0.2) is 25.5 Å². The van der Waals surface area contributed by atoms with Gasteiger partial charge in [-0.2, -0.15) is 10.2 Å². The van der Waals surface area contributed by atoms with Gasteiger partial charge in [-0.3, -0.25) is 14.2 Å². The van der Waals surface area contributed by atoms with Crippen LogP contribution in [-0.2, 0) is 24.9 Å². The number of carbonyl (C=O) groups is 1. The maximum atomic E-state index is 11.8. The van der Waals surface area contributed by atoms with Gasteiger partial charge in [0.05, 0.1) is 16.4 Å². The van der Waals surface area contributed by atoms with E-state index in [-0.39, 0.29) is 12.5 Å². The Labute approximate surface area is 119 Å². The van der Waals surface area contributed by atoms with Crippen LogP contribution in [0.3, 0.4) is 0 Å². The second-order valence-electron chi connectivity index (χ2n) is 4.41. The van der Waals surface area contributed by atoms with Crippen molar-refractivity contribution in [2.75, 3.05) is 0 Å². The highest BCUT2D eigenvalue weighted by atomic mass is 79.9. The summed E-state index contributed by atoms with van der Waals surface area (Å²) in [5.74, 6) is -0.0711. The number of hydrogen-bond acceptors (Lipinski definition) is 3. The summed E-state index contributed by atoms with van der Waals surface area (Å²) in [5, 5.41) is 11.2. The van der Waals surface area contributed by atoms with Crippen LogP contribution in [0.25, 0.3) is 0 Å². The zero-order valence-electron chi connectivity index (χ0n) is 11.1. The van der Waals surface area contributed by atoms with Gasteiger partial charge in [-0.05, 0) is 29.8 Å². The topological polar surface area (TPSA) is 64.7 Å². The highest BCUT2D eigenvalue weighted by Gasteiger charge is 2.11. The second-order valence-corrected chi connectivity index (χ2v) is 5.32. The molecule has 19 heavy (non-hydrogen) atoms. The molecule has 7 heteroatoms. The molecule has 0 radical (unpaired) electrons. The summed E-state index contributed by atoms with van der Waals surface area (Å²) in [4.78, 5) is 11.8. The van der Waals surface area contributed by atoms with Crippen molar-refractivity contribution in [3.05, 3.63) is 33.8 Å². The fourth-order valence-corrected chi connectivity index (χ4v) is 2.22. The van der Waals surface area contributed by atoms with Gasteiger partial charge in [0.15, 0.2) is 0 Å². The van der Waals surface area contributed by atoms with Crippen molar-refractivity contribution in [2.24, 2.45) is 7.05 Å². The average Bonchev–Trinajstić information content (AvgIpc) is 2.83. The number of rotatable bonds is 4. The van der Waals surface area contributed by atoms with Crippen molar-refractivity contribution in [1.82, 2.24) is 24.9 Å². The molecule has 0 saturated carbocycles. The van der Waals surface area contributed by atoms with E-state index in [0.717, 1.165) is 21.4 Å². The molecule has 0 unspecified atom stereocenters. The number of nitrogens with zero attached hydrogens (tertiary/aromatic N) is 4. The van der Waals surface area contributed by atoms with Crippen LogP contribution in [0.2, 0.25) is 0 Å². The minimum atomic E-state index is -0.0711. The third-order valence-electron chi connectivity index (χ3n) is 3.03. The molecule has 6 nitrogen and oxygen atoms in total. The van der Waals surface area contributed by atoms with Crippen molar-refractivity contribution < 1.29 is 4.79 Å². The molecule has 0 atom stereocenters. The van der Waals surface area contributed by atoms with Crippen molar-refractivity contribution in [2.45, 2.75) is 26.9 Å². The zero-order chi connectivity index (χ0) is 14.0. The maximum absolute atomic E-state index is 11.8. The molecule has 2 rings (SSSR count). The summed E-state index contributed by atoms with van der Waals surface area (Å²) in [6, 6.07) is 0. The average molecular weight is 326 g/mol. The summed E-state index contributed by atoms with van der Waals surface area (Å²) in [7, 11) is 1.90. The van der Waals surface area contributed by atoms with E-state index in [0.29, 0.717) is 6.54 Å². The molecule has 0 saturated heterocycles. The fourth-order valence-electron chi connectivity index (χ4n) is 1.89. The van der Waals surface area contributed by atoms with Crippen LogP contribution >= 0.6 is 15.9 Å². The Hall–Kier alpha value is -1.63.